The molecule has 0 amide bonds. The van der Waals surface area contributed by atoms with Crippen LogP contribution in [0.15, 0.2) is 60.7 Å². The second-order valence-electron chi connectivity index (χ2n) is 15.1. The molecule has 10 aliphatic carbocycles. The lowest BCUT2D eigenvalue weighted by Crippen LogP contribution is -2.04. The van der Waals surface area contributed by atoms with Crippen molar-refractivity contribution in [1.82, 2.24) is 0 Å². The standard InChI is InChI=1S/C45H50O10.C6H12Br2/c1-46-36-16-27-12-29-19-41(51-6)31(21-40(29)50-5)14-33-23-45(55-10)35(25-44(33)54-9)15-34-24-42(52-7)32(22-43(34)53-8)13-30-20-38(48-3)28(18-39(30)49-4)11-26(36)17-37(27)47-2;7-5-3-1-2-4-6-8/h16-25H,11-15H2,1-10H3;1-6H2. The van der Waals surface area contributed by atoms with Gasteiger partial charge in [-0.25, -0.2) is 0 Å². The summed E-state index contributed by atoms with van der Waals surface area (Å²) in [5, 5.41) is 2.32. The van der Waals surface area contributed by atoms with E-state index in [9.17, 15) is 0 Å². The quantitative estimate of drug-likeness (QED) is 0.0731. The summed E-state index contributed by atoms with van der Waals surface area (Å²) in [5.74, 6) is 7.18. The van der Waals surface area contributed by atoms with Gasteiger partial charge in [-0.3, -0.25) is 0 Å². The van der Waals surface area contributed by atoms with Crippen LogP contribution in [-0.4, -0.2) is 81.8 Å². The molecule has 0 saturated carbocycles. The van der Waals surface area contributed by atoms with Gasteiger partial charge in [-0.2, -0.15) is 0 Å². The number of methoxy groups -OCH3 is 10. The average molecular weight is 995 g/mol. The average Bonchev–Trinajstić information content (AvgIpc) is 3.31. The monoisotopic (exact) mass is 992 g/mol. The van der Waals surface area contributed by atoms with Crippen LogP contribution in [0.3, 0.4) is 0 Å². The van der Waals surface area contributed by atoms with Crippen LogP contribution >= 0.6 is 31.9 Å². The van der Waals surface area contributed by atoms with Crippen LogP contribution in [0.2, 0.25) is 0 Å². The maximum atomic E-state index is 5.99. The van der Waals surface area contributed by atoms with Crippen molar-refractivity contribution in [3.63, 3.8) is 0 Å². The number of halogens is 2. The lowest BCUT2D eigenvalue weighted by molar-refractivity contribution is 0.389. The Labute approximate surface area is 390 Å². The summed E-state index contributed by atoms with van der Waals surface area (Å²) in [6, 6.07) is 20.2. The van der Waals surface area contributed by atoms with Gasteiger partial charge in [-0.15, -0.1) is 0 Å². The topological polar surface area (TPSA) is 92.3 Å². The molecular formula is C51H62Br2O10. The molecule has 0 atom stereocenters. The molecule has 12 heteroatoms. The zero-order chi connectivity index (χ0) is 45.5. The van der Waals surface area contributed by atoms with Gasteiger partial charge in [0.25, 0.3) is 0 Å². The lowest BCUT2D eigenvalue weighted by atomic mass is 9.94. The maximum Gasteiger partial charge on any atom is 0.122 e. The van der Waals surface area contributed by atoms with Crippen molar-refractivity contribution in [2.24, 2.45) is 0 Å². The Bertz CT molecular complexity index is 1780. The summed E-state index contributed by atoms with van der Waals surface area (Å²) in [7, 11) is 16.7. The first-order chi connectivity index (χ1) is 30.6. The summed E-state index contributed by atoms with van der Waals surface area (Å²) >= 11 is 6.78. The van der Waals surface area contributed by atoms with Gasteiger partial charge in [-0.1, -0.05) is 44.7 Å². The van der Waals surface area contributed by atoms with Gasteiger partial charge >= 0.3 is 0 Å². The van der Waals surface area contributed by atoms with Gasteiger partial charge in [0, 0.05) is 98.4 Å². The first-order valence-corrected chi connectivity index (χ1v) is 23.2. The zero-order valence-corrected chi connectivity index (χ0v) is 41.6. The summed E-state index contributed by atoms with van der Waals surface area (Å²) in [4.78, 5) is 0. The number of benzene rings is 5. The molecule has 10 bridgehead atoms. The highest BCUT2D eigenvalue weighted by Gasteiger charge is 2.23. The second kappa shape index (κ2) is 24.2. The minimum absolute atomic E-state index is 0.504. The molecule has 10 nitrogen and oxygen atoms in total. The molecule has 0 heterocycles. The first kappa shape index (κ1) is 49.1. The Balaban J connectivity index is 0.000000852. The summed E-state index contributed by atoms with van der Waals surface area (Å²) < 4.78 is 59.9. The highest BCUT2D eigenvalue weighted by atomic mass is 79.9. The van der Waals surface area contributed by atoms with E-state index in [0.29, 0.717) is 32.1 Å². The number of alkyl halides is 2. The summed E-state index contributed by atoms with van der Waals surface area (Å²) in [6.45, 7) is 0. The van der Waals surface area contributed by atoms with E-state index in [1.807, 2.05) is 60.7 Å². The fourth-order valence-corrected chi connectivity index (χ4v) is 8.86. The lowest BCUT2D eigenvalue weighted by Gasteiger charge is -2.20. The normalized spacial score (nSPS) is 11.9. The Morgan fingerprint density at radius 1 is 0.254 bits per heavy atom. The van der Waals surface area contributed by atoms with E-state index in [0.717, 1.165) is 124 Å². The van der Waals surface area contributed by atoms with E-state index in [2.05, 4.69) is 31.9 Å². The van der Waals surface area contributed by atoms with Crippen molar-refractivity contribution in [3.8, 4) is 57.5 Å². The summed E-state index contributed by atoms with van der Waals surface area (Å²) in [5.41, 5.74) is 9.29. The molecule has 0 radical (unpaired) electrons. The molecule has 10 aliphatic rings. The van der Waals surface area contributed by atoms with Gasteiger partial charge in [0.15, 0.2) is 0 Å². The van der Waals surface area contributed by atoms with Gasteiger partial charge in [0.05, 0.1) is 71.1 Å². The molecule has 15 rings (SSSR count). The fourth-order valence-electron chi connectivity index (χ4n) is 8.07. The molecule has 0 N–H and O–H groups in total. The maximum absolute atomic E-state index is 5.99. The van der Waals surface area contributed by atoms with Gasteiger partial charge in [0.2, 0.25) is 0 Å². The molecule has 63 heavy (non-hydrogen) atoms. The van der Waals surface area contributed by atoms with Crippen LogP contribution < -0.4 is 47.4 Å². The Morgan fingerprint density at radius 3 is 0.476 bits per heavy atom. The van der Waals surface area contributed by atoms with Crippen LogP contribution in [0, 0.1) is 0 Å². The Hall–Kier alpha value is -4.94. The SMILES string of the molecule is BrCCCCCCBr.COc1cc2c(OC)cc1Cc1cc(OC)c(cc1OC)Cc1cc(OC)c(cc1OC)Cc1cc(OC)c(cc1OC)Cc1cc(OC)c(cc1OC)C2. The van der Waals surface area contributed by atoms with Gasteiger partial charge in [0.1, 0.15) is 57.5 Å². The van der Waals surface area contributed by atoms with Crippen molar-refractivity contribution < 1.29 is 47.4 Å². The number of hydrogen-bond donors (Lipinski definition) is 0. The van der Waals surface area contributed by atoms with E-state index in [1.54, 1.807) is 71.1 Å². The first-order valence-electron chi connectivity index (χ1n) is 21.0. The molecule has 5 aromatic rings. The molecule has 0 spiro atoms. The molecule has 5 aromatic carbocycles. The van der Waals surface area contributed by atoms with Crippen molar-refractivity contribution in [2.75, 3.05) is 81.8 Å². The molecular weight excluding hydrogens is 932 g/mol. The van der Waals surface area contributed by atoms with Crippen molar-refractivity contribution >= 4 is 31.9 Å². The summed E-state index contributed by atoms with van der Waals surface area (Å²) in [6.07, 6.45) is 7.92. The van der Waals surface area contributed by atoms with Crippen LogP contribution in [0.1, 0.15) is 81.3 Å². The highest BCUT2D eigenvalue weighted by molar-refractivity contribution is 9.09. The largest absolute Gasteiger partial charge is 0.496 e. The minimum atomic E-state index is 0.504. The smallest absolute Gasteiger partial charge is 0.122 e. The third-order valence-corrected chi connectivity index (χ3v) is 12.5. The van der Waals surface area contributed by atoms with Crippen LogP contribution in [0.5, 0.6) is 57.5 Å². The predicted octanol–water partition coefficient (Wildman–Crippen LogP) is 11.4. The number of rotatable bonds is 15. The number of unbranched alkanes of at least 4 members (excludes halogenated alkanes) is 3. The molecule has 0 unspecified atom stereocenters. The zero-order valence-electron chi connectivity index (χ0n) is 38.4. The van der Waals surface area contributed by atoms with Crippen LogP contribution in [0.25, 0.3) is 0 Å². The van der Waals surface area contributed by atoms with Gasteiger partial charge in [-0.05, 0) is 73.5 Å². The van der Waals surface area contributed by atoms with Crippen molar-refractivity contribution in [2.45, 2.75) is 57.8 Å². The van der Waals surface area contributed by atoms with Crippen LogP contribution in [0.4, 0.5) is 0 Å². The minimum Gasteiger partial charge on any atom is -0.496 e. The molecule has 340 valence electrons. The van der Waals surface area contributed by atoms with Gasteiger partial charge < -0.3 is 47.4 Å². The predicted molar refractivity (Wildman–Crippen MR) is 258 cm³/mol. The van der Waals surface area contributed by atoms with Crippen molar-refractivity contribution in [3.05, 3.63) is 116 Å². The molecule has 0 aliphatic heterocycles. The van der Waals surface area contributed by atoms with Crippen LogP contribution in [-0.2, 0) is 32.1 Å². The Kier molecular flexibility index (Phi) is 18.9. The molecule has 0 fully saturated rings. The number of hydrogen-bond acceptors (Lipinski definition) is 10. The van der Waals surface area contributed by atoms with E-state index < -0.39 is 0 Å². The van der Waals surface area contributed by atoms with Crippen molar-refractivity contribution in [1.29, 1.82) is 0 Å². The fraction of sp³-hybridized carbons (Fsp3) is 0.412. The Morgan fingerprint density at radius 2 is 0.381 bits per heavy atom. The molecule has 0 aromatic heterocycles. The third-order valence-electron chi connectivity index (χ3n) is 11.3. The number of ether oxygens (including phenoxy) is 10. The van der Waals surface area contributed by atoms with E-state index >= 15 is 0 Å². The van der Waals surface area contributed by atoms with E-state index in [-0.39, 0.29) is 0 Å². The molecule has 0 saturated heterocycles. The second-order valence-corrected chi connectivity index (χ2v) is 16.6. The van der Waals surface area contributed by atoms with E-state index in [1.165, 1.54) is 25.7 Å². The highest BCUT2D eigenvalue weighted by Crippen LogP contribution is 2.42. The van der Waals surface area contributed by atoms with E-state index in [4.69, 9.17) is 47.4 Å². The third kappa shape index (κ3) is 12.0.